The number of halogens is 2. The van der Waals surface area contributed by atoms with Crippen molar-refractivity contribution < 1.29 is 4.74 Å². The topological polar surface area (TPSA) is 21.6 Å². The fourth-order valence-corrected chi connectivity index (χ4v) is 1.90. The molecule has 0 spiro atoms. The standard InChI is InChI=1S/C9H7BrINO/c10-7-2-1-6(5-8(7)11)9-12-3-4-13-9/h1-2,5H,3-4H2. The summed E-state index contributed by atoms with van der Waals surface area (Å²) in [5.41, 5.74) is 1.06. The van der Waals surface area contributed by atoms with Gasteiger partial charge in [0.25, 0.3) is 0 Å². The van der Waals surface area contributed by atoms with E-state index >= 15 is 0 Å². The minimum atomic E-state index is 0.710. The summed E-state index contributed by atoms with van der Waals surface area (Å²) in [6.45, 7) is 1.49. The second-order valence-electron chi connectivity index (χ2n) is 2.66. The molecule has 0 saturated heterocycles. The van der Waals surface area contributed by atoms with Crippen LogP contribution in [-0.2, 0) is 4.74 Å². The van der Waals surface area contributed by atoms with Crippen LogP contribution >= 0.6 is 38.5 Å². The monoisotopic (exact) mass is 351 g/mol. The lowest BCUT2D eigenvalue weighted by Gasteiger charge is -2.02. The third-order valence-electron chi connectivity index (χ3n) is 1.75. The molecule has 0 aromatic heterocycles. The summed E-state index contributed by atoms with van der Waals surface area (Å²) in [5.74, 6) is 0.769. The van der Waals surface area contributed by atoms with Gasteiger partial charge in [-0.1, -0.05) is 0 Å². The van der Waals surface area contributed by atoms with Crippen LogP contribution in [0.3, 0.4) is 0 Å². The summed E-state index contributed by atoms with van der Waals surface area (Å²) < 4.78 is 7.65. The van der Waals surface area contributed by atoms with E-state index in [2.05, 4.69) is 49.6 Å². The third kappa shape index (κ3) is 2.04. The quantitative estimate of drug-likeness (QED) is 0.713. The van der Waals surface area contributed by atoms with Crippen molar-refractivity contribution in [3.8, 4) is 0 Å². The van der Waals surface area contributed by atoms with Crippen LogP contribution in [0.25, 0.3) is 0 Å². The Hall–Kier alpha value is -0.100. The first-order valence-corrected chi connectivity index (χ1v) is 5.77. The maximum Gasteiger partial charge on any atom is 0.216 e. The van der Waals surface area contributed by atoms with Crippen molar-refractivity contribution in [1.82, 2.24) is 0 Å². The number of benzene rings is 1. The zero-order valence-electron chi connectivity index (χ0n) is 6.76. The van der Waals surface area contributed by atoms with E-state index < -0.39 is 0 Å². The van der Waals surface area contributed by atoms with E-state index in [-0.39, 0.29) is 0 Å². The Kier molecular flexibility index (Phi) is 2.88. The molecule has 1 aromatic carbocycles. The molecule has 0 atom stereocenters. The number of rotatable bonds is 1. The molecule has 1 heterocycles. The minimum Gasteiger partial charge on any atom is -0.476 e. The molecule has 2 nitrogen and oxygen atoms in total. The van der Waals surface area contributed by atoms with Crippen molar-refractivity contribution in [1.29, 1.82) is 0 Å². The first kappa shape index (κ1) is 9.45. The van der Waals surface area contributed by atoms with Crippen molar-refractivity contribution in [2.24, 2.45) is 4.99 Å². The second kappa shape index (κ2) is 3.96. The predicted octanol–water partition coefficient (Wildman–Crippen LogP) is 2.83. The van der Waals surface area contributed by atoms with Gasteiger partial charge in [-0.25, -0.2) is 4.99 Å². The van der Waals surface area contributed by atoms with Crippen LogP contribution in [0.15, 0.2) is 27.7 Å². The molecule has 4 heteroatoms. The highest BCUT2D eigenvalue weighted by Gasteiger charge is 2.10. The average Bonchev–Trinajstić information content (AvgIpc) is 2.62. The van der Waals surface area contributed by atoms with Crippen LogP contribution in [0.4, 0.5) is 0 Å². The molecule has 0 amide bonds. The zero-order chi connectivity index (χ0) is 9.26. The molecule has 68 valence electrons. The Bertz CT molecular complexity index is 365. The van der Waals surface area contributed by atoms with Gasteiger partial charge < -0.3 is 4.74 Å². The van der Waals surface area contributed by atoms with Crippen LogP contribution in [0, 0.1) is 3.57 Å². The van der Waals surface area contributed by atoms with Crippen molar-refractivity contribution >= 4 is 44.4 Å². The van der Waals surface area contributed by atoms with Crippen LogP contribution in [0.1, 0.15) is 5.56 Å². The first-order valence-electron chi connectivity index (χ1n) is 3.90. The van der Waals surface area contributed by atoms with Gasteiger partial charge >= 0.3 is 0 Å². The Morgan fingerprint density at radius 3 is 2.92 bits per heavy atom. The maximum atomic E-state index is 5.37. The Morgan fingerprint density at radius 1 is 1.46 bits per heavy atom. The smallest absolute Gasteiger partial charge is 0.216 e. The highest BCUT2D eigenvalue weighted by Crippen LogP contribution is 2.21. The highest BCUT2D eigenvalue weighted by molar-refractivity contribution is 14.1. The lowest BCUT2D eigenvalue weighted by Crippen LogP contribution is -2.01. The molecular weight excluding hydrogens is 345 g/mol. The minimum absolute atomic E-state index is 0.710. The number of ether oxygens (including phenoxy) is 1. The van der Waals surface area contributed by atoms with Crippen LogP contribution < -0.4 is 0 Å². The van der Waals surface area contributed by atoms with Gasteiger partial charge in [-0.05, 0) is 56.7 Å². The van der Waals surface area contributed by atoms with E-state index in [0.29, 0.717) is 6.61 Å². The molecule has 0 radical (unpaired) electrons. The molecule has 0 aliphatic carbocycles. The molecule has 13 heavy (non-hydrogen) atoms. The van der Waals surface area contributed by atoms with E-state index in [1.165, 1.54) is 3.57 Å². The van der Waals surface area contributed by atoms with E-state index in [1.807, 2.05) is 12.1 Å². The predicted molar refractivity (Wildman–Crippen MR) is 64.2 cm³/mol. The van der Waals surface area contributed by atoms with Gasteiger partial charge in [-0.15, -0.1) is 0 Å². The Labute approximate surface area is 98.7 Å². The summed E-state index contributed by atoms with van der Waals surface area (Å²) >= 11 is 5.73. The highest BCUT2D eigenvalue weighted by atomic mass is 127. The molecule has 0 bridgehead atoms. The lowest BCUT2D eigenvalue weighted by molar-refractivity contribution is 0.348. The summed E-state index contributed by atoms with van der Waals surface area (Å²) in [4.78, 5) is 4.25. The van der Waals surface area contributed by atoms with Crippen molar-refractivity contribution in [3.05, 3.63) is 31.8 Å². The zero-order valence-corrected chi connectivity index (χ0v) is 10.5. The molecule has 2 rings (SSSR count). The van der Waals surface area contributed by atoms with Gasteiger partial charge in [-0.2, -0.15) is 0 Å². The van der Waals surface area contributed by atoms with Crippen LogP contribution in [0.2, 0.25) is 0 Å². The van der Waals surface area contributed by atoms with E-state index in [1.54, 1.807) is 0 Å². The Balaban J connectivity index is 2.36. The first-order chi connectivity index (χ1) is 6.27. The van der Waals surface area contributed by atoms with Crippen LogP contribution in [0.5, 0.6) is 0 Å². The number of hydrogen-bond acceptors (Lipinski definition) is 2. The van der Waals surface area contributed by atoms with Gasteiger partial charge in [0, 0.05) is 13.6 Å². The second-order valence-corrected chi connectivity index (χ2v) is 4.68. The molecular formula is C9H7BrINO. The third-order valence-corrected chi connectivity index (χ3v) is 4.08. The maximum absolute atomic E-state index is 5.37. The van der Waals surface area contributed by atoms with Gasteiger partial charge in [-0.3, -0.25) is 0 Å². The van der Waals surface area contributed by atoms with E-state index in [4.69, 9.17) is 4.74 Å². The van der Waals surface area contributed by atoms with Crippen molar-refractivity contribution in [3.63, 3.8) is 0 Å². The largest absolute Gasteiger partial charge is 0.476 e. The molecule has 0 unspecified atom stereocenters. The molecule has 1 aliphatic heterocycles. The van der Waals surface area contributed by atoms with Crippen molar-refractivity contribution in [2.45, 2.75) is 0 Å². The number of aliphatic imine (C=N–C) groups is 1. The summed E-state index contributed by atoms with van der Waals surface area (Å²) in [6.07, 6.45) is 0. The van der Waals surface area contributed by atoms with Crippen molar-refractivity contribution in [2.75, 3.05) is 13.2 Å². The summed E-state index contributed by atoms with van der Waals surface area (Å²) in [6, 6.07) is 6.09. The number of hydrogen-bond donors (Lipinski definition) is 0. The van der Waals surface area contributed by atoms with Crippen LogP contribution in [-0.4, -0.2) is 19.0 Å². The average molecular weight is 352 g/mol. The van der Waals surface area contributed by atoms with Gasteiger partial charge in [0.1, 0.15) is 6.61 Å². The van der Waals surface area contributed by atoms with Gasteiger partial charge in [0.2, 0.25) is 5.90 Å². The van der Waals surface area contributed by atoms with Gasteiger partial charge in [0.15, 0.2) is 0 Å². The lowest BCUT2D eigenvalue weighted by atomic mass is 10.2. The molecule has 0 N–H and O–H groups in total. The molecule has 0 saturated carbocycles. The molecule has 1 aliphatic rings. The van der Waals surface area contributed by atoms with E-state index in [9.17, 15) is 0 Å². The van der Waals surface area contributed by atoms with Gasteiger partial charge in [0.05, 0.1) is 6.54 Å². The summed E-state index contributed by atoms with van der Waals surface area (Å²) in [7, 11) is 0. The molecule has 1 aromatic rings. The fourth-order valence-electron chi connectivity index (χ4n) is 1.14. The Morgan fingerprint density at radius 2 is 2.31 bits per heavy atom. The number of nitrogens with zero attached hydrogens (tertiary/aromatic N) is 1. The normalized spacial score (nSPS) is 15.4. The molecule has 0 fully saturated rings. The van der Waals surface area contributed by atoms with E-state index in [0.717, 1.165) is 22.5 Å². The SMILES string of the molecule is Brc1ccc(C2=NCCO2)cc1I. The fraction of sp³-hybridized carbons (Fsp3) is 0.222. The summed E-state index contributed by atoms with van der Waals surface area (Å²) in [5, 5.41) is 0.